The van der Waals surface area contributed by atoms with Gasteiger partial charge in [-0.25, -0.2) is 0 Å². The van der Waals surface area contributed by atoms with E-state index in [0.29, 0.717) is 5.75 Å². The first-order valence-electron chi connectivity index (χ1n) is 15.3. The Kier molecular flexibility index (Phi) is 5.00. The summed E-state index contributed by atoms with van der Waals surface area (Å²) >= 11 is 0. The van der Waals surface area contributed by atoms with E-state index in [1.54, 1.807) is 0 Å². The quantitative estimate of drug-likeness (QED) is 0.191. The van der Waals surface area contributed by atoms with Crippen LogP contribution in [0.3, 0.4) is 0 Å². The van der Waals surface area contributed by atoms with Gasteiger partial charge in [-0.1, -0.05) is 109 Å². The summed E-state index contributed by atoms with van der Waals surface area (Å²) in [6, 6.07) is 53.7. The van der Waals surface area contributed by atoms with Gasteiger partial charge in [0.05, 0.1) is 5.52 Å². The SMILES string of the molecule is c1ccc2c3c(ccc2c1)Oc1ccc2c4ccccc4n(-c4ccc(-c5cc6ccccc6c6ccccc56)cc4)c2c1O3. The zero-order valence-corrected chi connectivity index (χ0v) is 24.2. The van der Waals surface area contributed by atoms with E-state index < -0.39 is 0 Å². The second kappa shape index (κ2) is 9.22. The van der Waals surface area contributed by atoms with Crippen LogP contribution < -0.4 is 9.47 Å². The van der Waals surface area contributed by atoms with Crippen LogP contribution in [-0.4, -0.2) is 4.57 Å². The van der Waals surface area contributed by atoms with Gasteiger partial charge in [0.1, 0.15) is 5.52 Å². The van der Waals surface area contributed by atoms with Crippen molar-refractivity contribution in [2.75, 3.05) is 0 Å². The third kappa shape index (κ3) is 3.52. The van der Waals surface area contributed by atoms with Crippen molar-refractivity contribution in [3.63, 3.8) is 0 Å². The molecule has 9 aromatic rings. The van der Waals surface area contributed by atoms with Crippen LogP contribution in [0.1, 0.15) is 0 Å². The number of aromatic nitrogens is 1. The highest BCUT2D eigenvalue weighted by molar-refractivity contribution is 6.14. The van der Waals surface area contributed by atoms with Crippen LogP contribution in [0.5, 0.6) is 23.0 Å². The van der Waals surface area contributed by atoms with Gasteiger partial charge in [-0.05, 0) is 80.5 Å². The predicted octanol–water partition coefficient (Wildman–Crippen LogP) is 11.8. The lowest BCUT2D eigenvalue weighted by Gasteiger charge is -2.23. The van der Waals surface area contributed by atoms with Crippen LogP contribution in [-0.2, 0) is 0 Å². The van der Waals surface area contributed by atoms with Gasteiger partial charge >= 0.3 is 0 Å². The van der Waals surface area contributed by atoms with Crippen molar-refractivity contribution in [3.8, 4) is 39.8 Å². The van der Waals surface area contributed by atoms with Crippen molar-refractivity contribution in [2.24, 2.45) is 0 Å². The van der Waals surface area contributed by atoms with Gasteiger partial charge in [0.25, 0.3) is 0 Å². The summed E-state index contributed by atoms with van der Waals surface area (Å²) in [6.45, 7) is 0. The maximum atomic E-state index is 6.83. The zero-order valence-electron chi connectivity index (χ0n) is 24.2. The first-order chi connectivity index (χ1) is 22.3. The van der Waals surface area contributed by atoms with Crippen molar-refractivity contribution in [1.29, 1.82) is 0 Å². The predicted molar refractivity (Wildman–Crippen MR) is 185 cm³/mol. The van der Waals surface area contributed by atoms with E-state index in [1.807, 2.05) is 24.3 Å². The van der Waals surface area contributed by atoms with E-state index in [9.17, 15) is 0 Å². The molecule has 210 valence electrons. The lowest BCUT2D eigenvalue weighted by Crippen LogP contribution is -2.02. The summed E-state index contributed by atoms with van der Waals surface area (Å²) in [7, 11) is 0. The van der Waals surface area contributed by atoms with Crippen LogP contribution in [0.2, 0.25) is 0 Å². The first-order valence-corrected chi connectivity index (χ1v) is 15.3. The highest BCUT2D eigenvalue weighted by Crippen LogP contribution is 2.53. The third-order valence-corrected chi connectivity index (χ3v) is 9.23. The molecule has 8 aromatic carbocycles. The second-order valence-corrected chi connectivity index (χ2v) is 11.7. The van der Waals surface area contributed by atoms with Gasteiger partial charge in [0.15, 0.2) is 23.0 Å². The molecule has 0 bridgehead atoms. The highest BCUT2D eigenvalue weighted by atomic mass is 16.6. The van der Waals surface area contributed by atoms with Crippen molar-refractivity contribution in [2.45, 2.75) is 0 Å². The molecule has 10 rings (SSSR count). The fourth-order valence-electron chi connectivity index (χ4n) is 7.17. The third-order valence-electron chi connectivity index (χ3n) is 9.23. The van der Waals surface area contributed by atoms with E-state index in [2.05, 4.69) is 132 Å². The molecular formula is C42H25NO2. The van der Waals surface area contributed by atoms with Crippen LogP contribution >= 0.6 is 0 Å². The molecule has 0 saturated carbocycles. The maximum Gasteiger partial charge on any atom is 0.194 e. The Labute approximate surface area is 259 Å². The van der Waals surface area contributed by atoms with E-state index in [-0.39, 0.29) is 0 Å². The van der Waals surface area contributed by atoms with E-state index >= 15 is 0 Å². The Hall–Kier alpha value is -6.06. The lowest BCUT2D eigenvalue weighted by atomic mass is 9.93. The van der Waals surface area contributed by atoms with Gasteiger partial charge in [-0.15, -0.1) is 0 Å². The number of nitrogens with zero attached hydrogens (tertiary/aromatic N) is 1. The monoisotopic (exact) mass is 575 g/mol. The summed E-state index contributed by atoms with van der Waals surface area (Å²) in [5.74, 6) is 2.93. The summed E-state index contributed by atoms with van der Waals surface area (Å²) < 4.78 is 15.6. The molecule has 0 aliphatic carbocycles. The molecule has 1 aliphatic heterocycles. The van der Waals surface area contributed by atoms with Crippen LogP contribution in [0.15, 0.2) is 152 Å². The Morgan fingerprint density at radius 1 is 0.400 bits per heavy atom. The molecule has 0 fully saturated rings. The van der Waals surface area contributed by atoms with Gasteiger partial charge in [-0.3, -0.25) is 0 Å². The number of rotatable bonds is 2. The fraction of sp³-hybridized carbons (Fsp3) is 0. The average molecular weight is 576 g/mol. The molecule has 0 atom stereocenters. The fourth-order valence-corrected chi connectivity index (χ4v) is 7.17. The second-order valence-electron chi connectivity index (χ2n) is 11.7. The Morgan fingerprint density at radius 2 is 1.04 bits per heavy atom. The number of hydrogen-bond donors (Lipinski definition) is 0. The molecule has 1 aliphatic rings. The normalized spacial score (nSPS) is 12.4. The number of fused-ring (bicyclic) bond motifs is 11. The van der Waals surface area contributed by atoms with Crippen molar-refractivity contribution >= 4 is 54.1 Å². The largest absolute Gasteiger partial charge is 0.449 e. The Morgan fingerprint density at radius 3 is 1.89 bits per heavy atom. The molecule has 0 radical (unpaired) electrons. The molecule has 3 heteroatoms. The standard InChI is InChI=1S/C42H25NO2/c1-4-12-31-26(9-1)19-23-38-41(31)45-42-39(44-38)24-22-35-34-15-7-8-16-37(34)43(40(35)42)29-20-17-27(18-21-29)36-25-28-10-2-3-11-30(28)32-13-5-6-14-33(32)36/h1-25H. The molecule has 45 heavy (non-hydrogen) atoms. The minimum atomic E-state index is 0.716. The smallest absolute Gasteiger partial charge is 0.194 e. The number of para-hydroxylation sites is 1. The minimum absolute atomic E-state index is 0.716. The summed E-state index contributed by atoms with van der Waals surface area (Å²) in [6.07, 6.45) is 0. The van der Waals surface area contributed by atoms with Gasteiger partial charge in [0.2, 0.25) is 0 Å². The highest BCUT2D eigenvalue weighted by Gasteiger charge is 2.27. The lowest BCUT2D eigenvalue weighted by molar-refractivity contribution is 0.366. The van der Waals surface area contributed by atoms with Crippen LogP contribution in [0.25, 0.3) is 70.9 Å². The summed E-state index contributed by atoms with van der Waals surface area (Å²) in [5, 5.41) is 9.50. The molecule has 0 spiro atoms. The topological polar surface area (TPSA) is 23.4 Å². The molecule has 0 N–H and O–H groups in total. The number of benzene rings is 8. The van der Waals surface area contributed by atoms with Gasteiger partial charge in [0, 0.05) is 21.8 Å². The molecule has 1 aromatic heterocycles. The van der Waals surface area contributed by atoms with Gasteiger partial charge in [-0.2, -0.15) is 0 Å². The van der Waals surface area contributed by atoms with E-state index in [1.165, 1.54) is 38.1 Å². The first kappa shape index (κ1) is 24.4. The molecule has 3 nitrogen and oxygen atoms in total. The number of ether oxygens (including phenoxy) is 2. The van der Waals surface area contributed by atoms with Crippen LogP contribution in [0, 0.1) is 0 Å². The van der Waals surface area contributed by atoms with Crippen LogP contribution in [0.4, 0.5) is 0 Å². The van der Waals surface area contributed by atoms with Crippen molar-refractivity contribution < 1.29 is 9.47 Å². The zero-order chi connectivity index (χ0) is 29.5. The maximum absolute atomic E-state index is 6.83. The molecular weight excluding hydrogens is 550 g/mol. The number of hydrogen-bond acceptors (Lipinski definition) is 2. The summed E-state index contributed by atoms with van der Waals surface area (Å²) in [4.78, 5) is 0. The molecule has 0 amide bonds. The van der Waals surface area contributed by atoms with Crippen molar-refractivity contribution in [1.82, 2.24) is 4.57 Å². The molecule has 2 heterocycles. The van der Waals surface area contributed by atoms with E-state index in [0.717, 1.165) is 50.1 Å². The average Bonchev–Trinajstić information content (AvgIpc) is 3.45. The van der Waals surface area contributed by atoms with Crippen molar-refractivity contribution in [3.05, 3.63) is 152 Å². The summed E-state index contributed by atoms with van der Waals surface area (Å²) in [5.41, 5.74) is 5.60. The van der Waals surface area contributed by atoms with E-state index in [4.69, 9.17) is 9.47 Å². The Balaban J connectivity index is 1.18. The molecule has 0 unspecified atom stereocenters. The van der Waals surface area contributed by atoms with Gasteiger partial charge < -0.3 is 14.0 Å². The molecule has 0 saturated heterocycles. The minimum Gasteiger partial charge on any atom is -0.449 e. The Bertz CT molecular complexity index is 2650.